The molecule has 120 valence electrons. The van der Waals surface area contributed by atoms with Crippen molar-refractivity contribution in [3.63, 3.8) is 0 Å². The highest BCUT2D eigenvalue weighted by Crippen LogP contribution is 2.24. The van der Waals surface area contributed by atoms with Crippen LogP contribution >= 0.6 is 31.9 Å². The van der Waals surface area contributed by atoms with E-state index in [4.69, 9.17) is 5.11 Å². The lowest BCUT2D eigenvalue weighted by molar-refractivity contribution is -0.132. The zero-order chi connectivity index (χ0) is 16.9. The number of aliphatic hydroxyl groups is 1. The van der Waals surface area contributed by atoms with Crippen molar-refractivity contribution in [1.29, 1.82) is 0 Å². The molecule has 0 aromatic heterocycles. The minimum absolute atomic E-state index is 0.0322. The van der Waals surface area contributed by atoms with E-state index >= 15 is 0 Å². The molecule has 1 rings (SSSR count). The zero-order valence-corrected chi connectivity index (χ0v) is 15.3. The molecule has 3 N–H and O–H groups in total. The first-order chi connectivity index (χ1) is 10.3. The second-order valence-corrected chi connectivity index (χ2v) is 6.70. The Morgan fingerprint density at radius 2 is 1.95 bits per heavy atom. The van der Waals surface area contributed by atoms with Gasteiger partial charge >= 0.3 is 5.97 Å². The van der Waals surface area contributed by atoms with E-state index in [0.717, 1.165) is 0 Å². The maximum Gasteiger partial charge on any atom is 0.341 e. The molecule has 0 aliphatic carbocycles. The molecule has 0 fully saturated rings. The Kier molecular flexibility index (Phi) is 7.25. The van der Waals surface area contributed by atoms with E-state index in [1.165, 1.54) is 6.20 Å². The van der Waals surface area contributed by atoms with Crippen molar-refractivity contribution in [1.82, 2.24) is 5.32 Å². The third-order valence-corrected chi connectivity index (χ3v) is 4.46. The van der Waals surface area contributed by atoms with Crippen LogP contribution in [-0.4, -0.2) is 34.6 Å². The number of hydrogen-bond acceptors (Lipinski definition) is 4. The Morgan fingerprint density at radius 3 is 2.50 bits per heavy atom. The second-order valence-electron chi connectivity index (χ2n) is 4.93. The molecule has 5 nitrogen and oxygen atoms in total. The number of carbonyl (C=O) groups is 2. The quantitative estimate of drug-likeness (QED) is 0.266. The summed E-state index contributed by atoms with van der Waals surface area (Å²) in [6.07, 6.45) is 1.19. The largest absolute Gasteiger partial charge is 0.477 e. The first-order valence-electron chi connectivity index (χ1n) is 6.58. The van der Waals surface area contributed by atoms with Gasteiger partial charge in [0.2, 0.25) is 5.78 Å². The summed E-state index contributed by atoms with van der Waals surface area (Å²) in [7, 11) is 0. The molecule has 0 aliphatic heterocycles. The summed E-state index contributed by atoms with van der Waals surface area (Å²) in [5, 5.41) is 21.2. The van der Waals surface area contributed by atoms with Crippen LogP contribution in [0.5, 0.6) is 0 Å². The van der Waals surface area contributed by atoms with Gasteiger partial charge in [-0.2, -0.15) is 0 Å². The van der Waals surface area contributed by atoms with Gasteiger partial charge in [0, 0.05) is 33.4 Å². The number of aliphatic carboxylic acids is 1. The normalized spacial score (nSPS) is 14.3. The van der Waals surface area contributed by atoms with Gasteiger partial charge in [0.05, 0.1) is 0 Å². The van der Waals surface area contributed by atoms with Crippen LogP contribution in [0.1, 0.15) is 24.2 Å². The first-order valence-corrected chi connectivity index (χ1v) is 8.16. The van der Waals surface area contributed by atoms with Crippen LogP contribution in [0.3, 0.4) is 0 Å². The standard InChI is InChI=1S/C15H17Br2NO4/c1-8(7-19)9(2)18-6-12(15(21)22)14(20)11-5-10(16)3-4-13(11)17/h3-6,8-9,18-19H,7H2,1-2H3,(H,21,22). The van der Waals surface area contributed by atoms with Crippen LogP contribution in [0.4, 0.5) is 0 Å². The van der Waals surface area contributed by atoms with Crippen LogP contribution in [0.15, 0.2) is 38.9 Å². The van der Waals surface area contributed by atoms with E-state index in [1.807, 2.05) is 6.92 Å². The van der Waals surface area contributed by atoms with Crippen molar-refractivity contribution in [2.45, 2.75) is 19.9 Å². The van der Waals surface area contributed by atoms with Crippen LogP contribution in [0.25, 0.3) is 0 Å². The number of carbonyl (C=O) groups excluding carboxylic acids is 1. The highest BCUT2D eigenvalue weighted by molar-refractivity contribution is 9.11. The fourth-order valence-corrected chi connectivity index (χ4v) is 2.37. The molecule has 7 heteroatoms. The molecule has 0 radical (unpaired) electrons. The van der Waals surface area contributed by atoms with E-state index in [9.17, 15) is 14.7 Å². The number of hydrogen-bond donors (Lipinski definition) is 3. The van der Waals surface area contributed by atoms with Gasteiger partial charge in [0.15, 0.2) is 0 Å². The van der Waals surface area contributed by atoms with E-state index in [0.29, 0.717) is 8.95 Å². The average molecular weight is 435 g/mol. The smallest absolute Gasteiger partial charge is 0.341 e. The Morgan fingerprint density at radius 1 is 1.32 bits per heavy atom. The minimum atomic E-state index is -1.31. The number of nitrogens with one attached hydrogen (secondary N) is 1. The number of carboxylic acids is 1. The molecule has 0 aliphatic rings. The number of ketones is 1. The second kappa shape index (κ2) is 8.45. The average Bonchev–Trinajstić information content (AvgIpc) is 2.48. The number of Topliss-reactive ketones (excluding diaryl/α,β-unsaturated/α-hetero) is 1. The molecule has 0 spiro atoms. The van der Waals surface area contributed by atoms with E-state index in [2.05, 4.69) is 37.2 Å². The summed E-state index contributed by atoms with van der Waals surface area (Å²) < 4.78 is 1.20. The molecule has 2 unspecified atom stereocenters. The van der Waals surface area contributed by atoms with Gasteiger partial charge in [0.1, 0.15) is 5.57 Å². The van der Waals surface area contributed by atoms with Gasteiger partial charge in [0.25, 0.3) is 0 Å². The van der Waals surface area contributed by atoms with Crippen molar-refractivity contribution >= 4 is 43.6 Å². The highest BCUT2D eigenvalue weighted by atomic mass is 79.9. The number of halogens is 2. The van der Waals surface area contributed by atoms with Gasteiger partial charge in [-0.05, 0) is 31.0 Å². The number of carboxylic acid groups (broad SMARTS) is 1. The minimum Gasteiger partial charge on any atom is -0.477 e. The van der Waals surface area contributed by atoms with Gasteiger partial charge in [-0.1, -0.05) is 38.8 Å². The van der Waals surface area contributed by atoms with Crippen molar-refractivity contribution in [3.8, 4) is 0 Å². The fraction of sp³-hybridized carbons (Fsp3) is 0.333. The van der Waals surface area contributed by atoms with Gasteiger partial charge < -0.3 is 15.5 Å². The highest BCUT2D eigenvalue weighted by Gasteiger charge is 2.22. The van der Waals surface area contributed by atoms with Crippen molar-refractivity contribution in [2.24, 2.45) is 5.92 Å². The van der Waals surface area contributed by atoms with Gasteiger partial charge in [-0.3, -0.25) is 4.79 Å². The van der Waals surface area contributed by atoms with Crippen molar-refractivity contribution < 1.29 is 19.8 Å². The summed E-state index contributed by atoms with van der Waals surface area (Å²) in [5.41, 5.74) is -0.108. The molecule has 1 aromatic rings. The molecule has 0 amide bonds. The number of rotatable bonds is 7. The number of benzene rings is 1. The number of aliphatic hydroxyl groups excluding tert-OH is 1. The summed E-state index contributed by atoms with van der Waals surface area (Å²) in [4.78, 5) is 23.8. The maximum absolute atomic E-state index is 12.4. The third kappa shape index (κ3) is 4.93. The summed E-state index contributed by atoms with van der Waals surface area (Å²) in [6, 6.07) is 4.80. The fourth-order valence-electron chi connectivity index (χ4n) is 1.58. The SMILES string of the molecule is CC(CO)C(C)NC=C(C(=O)O)C(=O)c1cc(Br)ccc1Br. The van der Waals surface area contributed by atoms with Crippen molar-refractivity contribution in [2.75, 3.05) is 6.61 Å². The molecule has 0 bridgehead atoms. The van der Waals surface area contributed by atoms with Gasteiger partial charge in [-0.25, -0.2) is 4.79 Å². The Balaban J connectivity index is 3.07. The summed E-state index contributed by atoms with van der Waals surface area (Å²) in [5.74, 6) is -1.98. The molecular formula is C15H17Br2NO4. The lowest BCUT2D eigenvalue weighted by Crippen LogP contribution is -2.31. The van der Waals surface area contributed by atoms with E-state index in [-0.39, 0.29) is 29.7 Å². The zero-order valence-electron chi connectivity index (χ0n) is 12.1. The molecule has 22 heavy (non-hydrogen) atoms. The van der Waals surface area contributed by atoms with Gasteiger partial charge in [-0.15, -0.1) is 0 Å². The molecule has 0 saturated carbocycles. The molecular weight excluding hydrogens is 418 g/mol. The van der Waals surface area contributed by atoms with Crippen molar-refractivity contribution in [3.05, 3.63) is 44.5 Å². The van der Waals surface area contributed by atoms with Crippen LogP contribution in [-0.2, 0) is 4.79 Å². The van der Waals surface area contributed by atoms with Crippen LogP contribution in [0, 0.1) is 5.92 Å². The lowest BCUT2D eigenvalue weighted by atomic mass is 10.0. The topological polar surface area (TPSA) is 86.6 Å². The monoisotopic (exact) mass is 433 g/mol. The van der Waals surface area contributed by atoms with E-state index in [1.54, 1.807) is 25.1 Å². The molecule has 0 heterocycles. The Bertz CT molecular complexity index is 601. The van der Waals surface area contributed by atoms with Crippen LogP contribution < -0.4 is 5.32 Å². The third-order valence-electron chi connectivity index (χ3n) is 3.28. The van der Waals surface area contributed by atoms with E-state index < -0.39 is 11.8 Å². The molecule has 0 saturated heterocycles. The predicted molar refractivity (Wildman–Crippen MR) is 90.7 cm³/mol. The molecule has 1 aromatic carbocycles. The Hall–Kier alpha value is -1.18. The molecule has 2 atom stereocenters. The Labute approximate surface area is 145 Å². The predicted octanol–water partition coefficient (Wildman–Crippen LogP) is 2.97. The summed E-state index contributed by atoms with van der Waals surface area (Å²) in [6.45, 7) is 3.59. The van der Waals surface area contributed by atoms with Crippen LogP contribution in [0.2, 0.25) is 0 Å². The maximum atomic E-state index is 12.4. The first kappa shape index (κ1) is 18.9. The summed E-state index contributed by atoms with van der Waals surface area (Å²) >= 11 is 6.51. The lowest BCUT2D eigenvalue weighted by Gasteiger charge is -2.18.